The lowest BCUT2D eigenvalue weighted by molar-refractivity contribution is -0.138. The monoisotopic (exact) mass is 334 g/mol. The Labute approximate surface area is 130 Å². The molecule has 1 aliphatic heterocycles. The van der Waals surface area contributed by atoms with E-state index in [1.54, 1.807) is 0 Å². The SMILES string of the molecule is C[C@@H](OC[C@@H]1CCCO1)C(=O)Nc1cc(C(F)(F)F)c[nH]c1=O. The largest absolute Gasteiger partial charge is 0.417 e. The number of aromatic amines is 1. The number of amides is 1. The molecule has 0 aromatic carbocycles. The van der Waals surface area contributed by atoms with Crippen LogP contribution in [-0.4, -0.2) is 36.3 Å². The summed E-state index contributed by atoms with van der Waals surface area (Å²) in [7, 11) is 0. The molecule has 2 rings (SSSR count). The van der Waals surface area contributed by atoms with Crippen LogP contribution in [0.5, 0.6) is 0 Å². The van der Waals surface area contributed by atoms with Crippen LogP contribution in [0.3, 0.4) is 0 Å². The van der Waals surface area contributed by atoms with Crippen LogP contribution in [0.2, 0.25) is 0 Å². The molecule has 0 radical (unpaired) electrons. The second-order valence-corrected chi connectivity index (χ2v) is 5.23. The summed E-state index contributed by atoms with van der Waals surface area (Å²) in [5.74, 6) is -0.701. The van der Waals surface area contributed by atoms with Crippen molar-refractivity contribution in [1.29, 1.82) is 0 Å². The van der Waals surface area contributed by atoms with Crippen molar-refractivity contribution < 1.29 is 27.4 Å². The zero-order valence-electron chi connectivity index (χ0n) is 12.4. The number of carbonyl (C=O) groups is 1. The Bertz CT molecular complexity index is 609. The van der Waals surface area contributed by atoms with E-state index in [4.69, 9.17) is 9.47 Å². The Hall–Kier alpha value is -1.87. The van der Waals surface area contributed by atoms with E-state index in [0.717, 1.165) is 12.8 Å². The van der Waals surface area contributed by atoms with Crippen LogP contribution in [0.4, 0.5) is 18.9 Å². The number of carbonyl (C=O) groups excluding carboxylic acids is 1. The maximum atomic E-state index is 12.6. The van der Waals surface area contributed by atoms with Crippen molar-refractivity contribution >= 4 is 11.6 Å². The number of hydrogen-bond acceptors (Lipinski definition) is 4. The summed E-state index contributed by atoms with van der Waals surface area (Å²) in [4.78, 5) is 25.4. The minimum Gasteiger partial charge on any atom is -0.376 e. The third kappa shape index (κ3) is 4.80. The number of pyridine rings is 1. The Morgan fingerprint density at radius 2 is 2.30 bits per heavy atom. The van der Waals surface area contributed by atoms with Gasteiger partial charge >= 0.3 is 6.18 Å². The molecule has 0 saturated carbocycles. The smallest absolute Gasteiger partial charge is 0.376 e. The number of nitrogens with one attached hydrogen (secondary N) is 2. The standard InChI is InChI=1S/C14H17F3N2O4/c1-8(23-7-10-3-2-4-22-10)12(20)19-11-5-9(14(15,16)17)6-18-13(11)21/h5-6,8,10H,2-4,7H2,1H3,(H,18,21)(H,19,20)/t8-,10+/m1/s1. The number of alkyl halides is 3. The van der Waals surface area contributed by atoms with Gasteiger partial charge in [-0.05, 0) is 25.8 Å². The van der Waals surface area contributed by atoms with Gasteiger partial charge < -0.3 is 19.8 Å². The van der Waals surface area contributed by atoms with E-state index < -0.39 is 35.0 Å². The summed E-state index contributed by atoms with van der Waals surface area (Å²) in [6, 6.07) is 0.587. The minimum atomic E-state index is -4.62. The molecule has 0 aliphatic carbocycles. The van der Waals surface area contributed by atoms with Crippen LogP contribution >= 0.6 is 0 Å². The molecule has 2 atom stereocenters. The molecule has 23 heavy (non-hydrogen) atoms. The summed E-state index contributed by atoms with van der Waals surface area (Å²) in [6.07, 6.45) is -3.31. The van der Waals surface area contributed by atoms with Gasteiger partial charge in [-0.25, -0.2) is 0 Å². The second-order valence-electron chi connectivity index (χ2n) is 5.23. The summed E-state index contributed by atoms with van der Waals surface area (Å²) < 4.78 is 48.5. The van der Waals surface area contributed by atoms with Gasteiger partial charge in [0.15, 0.2) is 0 Å². The molecule has 9 heteroatoms. The van der Waals surface area contributed by atoms with E-state index in [1.807, 2.05) is 4.98 Å². The maximum Gasteiger partial charge on any atom is 0.417 e. The van der Waals surface area contributed by atoms with Gasteiger partial charge in [0, 0.05) is 12.8 Å². The third-order valence-electron chi connectivity index (χ3n) is 3.41. The van der Waals surface area contributed by atoms with Crippen molar-refractivity contribution in [3.63, 3.8) is 0 Å². The van der Waals surface area contributed by atoms with Crippen LogP contribution in [0, 0.1) is 0 Å². The molecule has 128 valence electrons. The van der Waals surface area contributed by atoms with Crippen LogP contribution in [0.1, 0.15) is 25.3 Å². The first-order chi connectivity index (χ1) is 10.8. The first-order valence-electron chi connectivity index (χ1n) is 7.11. The number of hydrogen-bond donors (Lipinski definition) is 2. The van der Waals surface area contributed by atoms with E-state index in [-0.39, 0.29) is 12.7 Å². The highest BCUT2D eigenvalue weighted by Gasteiger charge is 2.31. The van der Waals surface area contributed by atoms with E-state index in [9.17, 15) is 22.8 Å². The molecule has 1 aromatic rings. The Morgan fingerprint density at radius 1 is 1.57 bits per heavy atom. The quantitative estimate of drug-likeness (QED) is 0.862. The van der Waals surface area contributed by atoms with Crippen molar-refractivity contribution in [2.75, 3.05) is 18.5 Å². The molecule has 0 unspecified atom stereocenters. The Balaban J connectivity index is 1.97. The lowest BCUT2D eigenvalue weighted by atomic mass is 10.2. The summed E-state index contributed by atoms with van der Waals surface area (Å²) in [5, 5.41) is 2.15. The maximum absolute atomic E-state index is 12.6. The van der Waals surface area contributed by atoms with Gasteiger partial charge in [0.2, 0.25) is 0 Å². The first-order valence-corrected chi connectivity index (χ1v) is 7.11. The van der Waals surface area contributed by atoms with Gasteiger partial charge in [-0.1, -0.05) is 0 Å². The summed E-state index contributed by atoms with van der Waals surface area (Å²) in [6.45, 7) is 2.31. The van der Waals surface area contributed by atoms with Gasteiger partial charge in [-0.2, -0.15) is 13.2 Å². The van der Waals surface area contributed by atoms with Gasteiger partial charge in [0.05, 0.1) is 18.3 Å². The topological polar surface area (TPSA) is 80.4 Å². The molecule has 6 nitrogen and oxygen atoms in total. The normalized spacial score (nSPS) is 19.6. The highest BCUT2D eigenvalue weighted by molar-refractivity contribution is 5.93. The van der Waals surface area contributed by atoms with Crippen molar-refractivity contribution in [2.24, 2.45) is 0 Å². The van der Waals surface area contributed by atoms with E-state index in [1.165, 1.54) is 6.92 Å². The number of H-pyrrole nitrogens is 1. The van der Waals surface area contributed by atoms with E-state index in [2.05, 4.69) is 5.32 Å². The van der Waals surface area contributed by atoms with Crippen molar-refractivity contribution in [3.8, 4) is 0 Å². The number of aromatic nitrogens is 1. The van der Waals surface area contributed by atoms with Gasteiger partial charge in [0.1, 0.15) is 11.8 Å². The first kappa shape index (κ1) is 17.5. The molecule has 0 spiro atoms. The average Bonchev–Trinajstić information content (AvgIpc) is 2.99. The number of ether oxygens (including phenoxy) is 2. The second kappa shape index (κ2) is 7.14. The minimum absolute atomic E-state index is 0.0813. The fourth-order valence-corrected chi connectivity index (χ4v) is 2.08. The highest BCUT2D eigenvalue weighted by atomic mass is 19.4. The predicted molar refractivity (Wildman–Crippen MR) is 75.1 cm³/mol. The van der Waals surface area contributed by atoms with Crippen LogP contribution in [0.15, 0.2) is 17.1 Å². The van der Waals surface area contributed by atoms with Crippen molar-refractivity contribution in [3.05, 3.63) is 28.2 Å². The number of anilines is 1. The van der Waals surface area contributed by atoms with Crippen LogP contribution in [0.25, 0.3) is 0 Å². The van der Waals surface area contributed by atoms with Crippen LogP contribution in [-0.2, 0) is 20.4 Å². The summed E-state index contributed by atoms with van der Waals surface area (Å²) >= 11 is 0. The molecule has 1 saturated heterocycles. The lowest BCUT2D eigenvalue weighted by Gasteiger charge is -2.16. The number of halogens is 3. The zero-order valence-corrected chi connectivity index (χ0v) is 12.4. The molecule has 2 N–H and O–H groups in total. The van der Waals surface area contributed by atoms with Crippen molar-refractivity contribution in [1.82, 2.24) is 4.98 Å². The van der Waals surface area contributed by atoms with E-state index in [0.29, 0.717) is 18.9 Å². The lowest BCUT2D eigenvalue weighted by Crippen LogP contribution is -2.32. The summed E-state index contributed by atoms with van der Waals surface area (Å²) in [5.41, 5.74) is -2.35. The average molecular weight is 334 g/mol. The van der Waals surface area contributed by atoms with Crippen molar-refractivity contribution in [2.45, 2.75) is 38.1 Å². The van der Waals surface area contributed by atoms with Gasteiger partial charge in [-0.15, -0.1) is 0 Å². The Morgan fingerprint density at radius 3 is 2.91 bits per heavy atom. The molecular weight excluding hydrogens is 317 g/mol. The van der Waals surface area contributed by atoms with Crippen LogP contribution < -0.4 is 10.9 Å². The van der Waals surface area contributed by atoms with E-state index >= 15 is 0 Å². The molecule has 1 aliphatic rings. The molecule has 1 aromatic heterocycles. The highest BCUT2D eigenvalue weighted by Crippen LogP contribution is 2.29. The zero-order chi connectivity index (χ0) is 17.0. The fourth-order valence-electron chi connectivity index (χ4n) is 2.08. The molecule has 1 fully saturated rings. The molecular formula is C14H17F3N2O4. The predicted octanol–water partition coefficient (Wildman–Crippen LogP) is 1.92. The van der Waals surface area contributed by atoms with Gasteiger partial charge in [0.25, 0.3) is 11.5 Å². The van der Waals surface area contributed by atoms with Gasteiger partial charge in [-0.3, -0.25) is 9.59 Å². The molecule has 0 bridgehead atoms. The molecule has 2 heterocycles. The third-order valence-corrected chi connectivity index (χ3v) is 3.41. The Kier molecular flexibility index (Phi) is 5.42. The number of rotatable bonds is 5. The fraction of sp³-hybridized carbons (Fsp3) is 0.571. The molecule has 1 amide bonds.